The summed E-state index contributed by atoms with van der Waals surface area (Å²) in [5.74, 6) is -1.36. The Kier molecular flexibility index (Phi) is 3.23. The second-order valence-electron chi connectivity index (χ2n) is 2.82. The third-order valence-corrected chi connectivity index (χ3v) is 3.71. The van der Waals surface area contributed by atoms with Crippen LogP contribution in [0.3, 0.4) is 0 Å². The monoisotopic (exact) mass is 195 g/mol. The molecule has 6 heteroatoms. The maximum atomic E-state index is 11.2. The average Bonchev–Trinajstić information content (AvgIpc) is 1.86. The molecule has 0 aliphatic rings. The summed E-state index contributed by atoms with van der Waals surface area (Å²) in [6, 6.07) is 0. The van der Waals surface area contributed by atoms with Gasteiger partial charge >= 0.3 is 5.97 Å². The highest BCUT2D eigenvalue weighted by Gasteiger charge is 2.41. The molecule has 0 saturated carbocycles. The van der Waals surface area contributed by atoms with E-state index in [2.05, 4.69) is 4.72 Å². The molecule has 0 spiro atoms. The number of carbonyl (C=O) groups is 1. The predicted octanol–water partition coefficient (Wildman–Crippen LogP) is -0.211. The molecule has 0 saturated heterocycles. The third-order valence-electron chi connectivity index (χ3n) is 1.52. The van der Waals surface area contributed by atoms with Gasteiger partial charge in [-0.2, -0.15) is 0 Å². The van der Waals surface area contributed by atoms with Crippen LogP contribution in [0.1, 0.15) is 20.8 Å². The minimum absolute atomic E-state index is 0.193. The lowest BCUT2D eigenvalue weighted by Crippen LogP contribution is -2.47. The van der Waals surface area contributed by atoms with E-state index in [0.717, 1.165) is 13.8 Å². The van der Waals surface area contributed by atoms with Crippen LogP contribution in [-0.2, 0) is 14.8 Å². The van der Waals surface area contributed by atoms with Crippen LogP contribution in [0.5, 0.6) is 0 Å². The number of hydrogen-bond acceptors (Lipinski definition) is 3. The number of carboxylic acid groups (broad SMARTS) is 1. The quantitative estimate of drug-likeness (QED) is 0.650. The fraction of sp³-hybridized carbons (Fsp3) is 0.833. The van der Waals surface area contributed by atoms with E-state index < -0.39 is 20.7 Å². The summed E-state index contributed by atoms with van der Waals surface area (Å²) in [5.41, 5.74) is 0. The summed E-state index contributed by atoms with van der Waals surface area (Å²) >= 11 is 0. The van der Waals surface area contributed by atoms with Crippen LogP contribution in [0, 0.1) is 0 Å². The Hall–Kier alpha value is -0.620. The number of carboxylic acids is 1. The fourth-order valence-electron chi connectivity index (χ4n) is 0.485. The molecule has 2 N–H and O–H groups in total. The lowest BCUT2D eigenvalue weighted by atomic mass is 10.2. The normalized spacial score (nSPS) is 12.9. The second-order valence-corrected chi connectivity index (χ2v) is 5.13. The van der Waals surface area contributed by atoms with Crippen molar-refractivity contribution in [3.05, 3.63) is 0 Å². The van der Waals surface area contributed by atoms with Gasteiger partial charge in [0.25, 0.3) is 0 Å². The number of aliphatic carboxylic acids is 1. The van der Waals surface area contributed by atoms with Crippen LogP contribution < -0.4 is 4.72 Å². The Morgan fingerprint density at radius 1 is 1.50 bits per heavy atom. The smallest absolute Gasteiger partial charge is 0.325 e. The first-order valence-corrected chi connectivity index (χ1v) is 4.96. The Labute approximate surface area is 71.8 Å². The summed E-state index contributed by atoms with van der Waals surface area (Å²) in [4.78, 5) is 10.5. The minimum atomic E-state index is -3.76. The summed E-state index contributed by atoms with van der Waals surface area (Å²) in [7, 11) is -3.76. The molecule has 12 heavy (non-hydrogen) atoms. The maximum absolute atomic E-state index is 11.2. The van der Waals surface area contributed by atoms with Crippen molar-refractivity contribution in [3.8, 4) is 0 Å². The standard InChI is InChI=1S/C6H13NO4S/c1-4-7-12(10,11)6(2,3)5(8)9/h7H,4H2,1-3H3,(H,8,9). The van der Waals surface area contributed by atoms with Gasteiger partial charge in [-0.25, -0.2) is 13.1 Å². The average molecular weight is 195 g/mol. The zero-order valence-corrected chi connectivity index (χ0v) is 8.10. The van der Waals surface area contributed by atoms with Gasteiger partial charge < -0.3 is 5.11 Å². The van der Waals surface area contributed by atoms with E-state index in [-0.39, 0.29) is 6.54 Å². The number of hydrogen-bond donors (Lipinski definition) is 2. The highest BCUT2D eigenvalue weighted by molar-refractivity contribution is 7.91. The molecule has 0 aromatic rings. The molecule has 0 aliphatic carbocycles. The summed E-state index contributed by atoms with van der Waals surface area (Å²) in [6.45, 7) is 4.08. The van der Waals surface area contributed by atoms with Gasteiger partial charge in [0.15, 0.2) is 4.75 Å². The third kappa shape index (κ3) is 1.95. The Balaban J connectivity index is 4.90. The van der Waals surface area contributed by atoms with E-state index in [1.807, 2.05) is 0 Å². The van der Waals surface area contributed by atoms with Gasteiger partial charge in [-0.3, -0.25) is 4.79 Å². The zero-order chi connectivity index (χ0) is 9.99. The van der Waals surface area contributed by atoms with Gasteiger partial charge in [0.2, 0.25) is 10.0 Å². The first kappa shape index (κ1) is 11.4. The van der Waals surface area contributed by atoms with Crippen molar-refractivity contribution in [3.63, 3.8) is 0 Å². The van der Waals surface area contributed by atoms with Crippen molar-refractivity contribution < 1.29 is 18.3 Å². The van der Waals surface area contributed by atoms with E-state index >= 15 is 0 Å². The van der Waals surface area contributed by atoms with Crippen LogP contribution in [0.25, 0.3) is 0 Å². The molecule has 0 atom stereocenters. The number of rotatable bonds is 4. The van der Waals surface area contributed by atoms with Crippen molar-refractivity contribution in [1.29, 1.82) is 0 Å². The van der Waals surface area contributed by atoms with Crippen molar-refractivity contribution in [2.45, 2.75) is 25.5 Å². The summed E-state index contributed by atoms with van der Waals surface area (Å²) < 4.78 is 22.8. The van der Waals surface area contributed by atoms with E-state index in [1.165, 1.54) is 0 Å². The van der Waals surface area contributed by atoms with E-state index in [1.54, 1.807) is 6.92 Å². The highest BCUT2D eigenvalue weighted by Crippen LogP contribution is 2.14. The Morgan fingerprint density at radius 2 is 1.92 bits per heavy atom. The highest BCUT2D eigenvalue weighted by atomic mass is 32.2. The molecular weight excluding hydrogens is 182 g/mol. The predicted molar refractivity (Wildman–Crippen MR) is 44.3 cm³/mol. The van der Waals surface area contributed by atoms with Crippen molar-refractivity contribution in [1.82, 2.24) is 4.72 Å². The van der Waals surface area contributed by atoms with Crippen LogP contribution in [0.2, 0.25) is 0 Å². The number of sulfonamides is 1. The molecule has 0 amide bonds. The molecule has 0 heterocycles. The molecule has 0 unspecified atom stereocenters. The lowest BCUT2D eigenvalue weighted by Gasteiger charge is -2.19. The molecule has 72 valence electrons. The minimum Gasteiger partial charge on any atom is -0.480 e. The molecule has 0 aliphatic heterocycles. The van der Waals surface area contributed by atoms with Crippen LogP contribution >= 0.6 is 0 Å². The van der Waals surface area contributed by atoms with Gasteiger partial charge in [-0.1, -0.05) is 6.92 Å². The Morgan fingerprint density at radius 3 is 2.17 bits per heavy atom. The van der Waals surface area contributed by atoms with Crippen molar-refractivity contribution in [2.24, 2.45) is 0 Å². The molecule has 0 radical (unpaired) electrons. The molecule has 5 nitrogen and oxygen atoms in total. The second kappa shape index (κ2) is 3.40. The molecule has 0 aromatic carbocycles. The molecule has 0 bridgehead atoms. The lowest BCUT2D eigenvalue weighted by molar-refractivity contribution is -0.139. The fourth-order valence-corrected chi connectivity index (χ4v) is 1.46. The maximum Gasteiger partial charge on any atom is 0.325 e. The van der Waals surface area contributed by atoms with Gasteiger partial charge in [0.1, 0.15) is 0 Å². The van der Waals surface area contributed by atoms with E-state index in [0.29, 0.717) is 0 Å². The van der Waals surface area contributed by atoms with Gasteiger partial charge in [0, 0.05) is 6.54 Å². The van der Waals surface area contributed by atoms with Crippen molar-refractivity contribution in [2.75, 3.05) is 6.54 Å². The zero-order valence-electron chi connectivity index (χ0n) is 7.29. The Bertz CT molecular complexity index is 267. The van der Waals surface area contributed by atoms with Crippen LogP contribution in [0.15, 0.2) is 0 Å². The summed E-state index contributed by atoms with van der Waals surface area (Å²) in [6.07, 6.45) is 0. The van der Waals surface area contributed by atoms with Gasteiger partial charge in [-0.05, 0) is 13.8 Å². The number of nitrogens with one attached hydrogen (secondary N) is 1. The van der Waals surface area contributed by atoms with Gasteiger partial charge in [0.05, 0.1) is 0 Å². The molecule has 0 fully saturated rings. The van der Waals surface area contributed by atoms with E-state index in [9.17, 15) is 13.2 Å². The first-order chi connectivity index (χ1) is 5.25. The first-order valence-electron chi connectivity index (χ1n) is 3.48. The van der Waals surface area contributed by atoms with Gasteiger partial charge in [-0.15, -0.1) is 0 Å². The largest absolute Gasteiger partial charge is 0.480 e. The SMILES string of the molecule is CCNS(=O)(=O)C(C)(C)C(=O)O. The molecule has 0 rings (SSSR count). The topological polar surface area (TPSA) is 83.5 Å². The van der Waals surface area contributed by atoms with Crippen LogP contribution in [-0.4, -0.2) is 30.8 Å². The van der Waals surface area contributed by atoms with Crippen molar-refractivity contribution >= 4 is 16.0 Å². The molecule has 0 aromatic heterocycles. The van der Waals surface area contributed by atoms with Crippen LogP contribution in [0.4, 0.5) is 0 Å². The summed E-state index contributed by atoms with van der Waals surface area (Å²) in [5, 5.41) is 8.58. The van der Waals surface area contributed by atoms with E-state index in [4.69, 9.17) is 5.11 Å². The molecular formula is C6H13NO4S.